The normalized spacial score (nSPS) is 16.9. The number of halogens is 4. The maximum absolute atomic E-state index is 14.0. The van der Waals surface area contributed by atoms with Crippen molar-refractivity contribution >= 4 is 27.7 Å². The molecule has 0 spiro atoms. The highest BCUT2D eigenvalue weighted by atomic mass is 19.3. The fourth-order valence-corrected chi connectivity index (χ4v) is 4.60. The molecule has 0 radical (unpaired) electrons. The van der Waals surface area contributed by atoms with Gasteiger partial charge in [0.05, 0.1) is 40.6 Å². The van der Waals surface area contributed by atoms with Crippen molar-refractivity contribution in [2.75, 3.05) is 19.7 Å². The van der Waals surface area contributed by atoms with Crippen LogP contribution in [0.1, 0.15) is 23.5 Å². The number of piperidine rings is 1. The molecule has 1 saturated heterocycles. The van der Waals surface area contributed by atoms with Crippen molar-refractivity contribution in [2.45, 2.75) is 37.8 Å². The van der Waals surface area contributed by atoms with Crippen molar-refractivity contribution in [3.05, 3.63) is 63.8 Å². The van der Waals surface area contributed by atoms with E-state index in [0.29, 0.717) is 27.9 Å². The van der Waals surface area contributed by atoms with Crippen LogP contribution in [-0.4, -0.2) is 73.8 Å². The van der Waals surface area contributed by atoms with Gasteiger partial charge < -0.3 is 19.7 Å². The average Bonchev–Trinajstić information content (AvgIpc) is 3.31. The van der Waals surface area contributed by atoms with Gasteiger partial charge in [0.25, 0.3) is 17.9 Å². The molecule has 0 saturated carbocycles. The smallest absolute Gasteiger partial charge is 0.290 e. The van der Waals surface area contributed by atoms with E-state index in [1.165, 1.54) is 12.1 Å². The summed E-state index contributed by atoms with van der Waals surface area (Å²) < 4.78 is 59.1. The second-order valence-electron chi connectivity index (χ2n) is 9.38. The van der Waals surface area contributed by atoms with Crippen LogP contribution in [0.25, 0.3) is 21.8 Å². The van der Waals surface area contributed by atoms with E-state index in [-0.39, 0.29) is 36.1 Å². The molecular weight excluding hydrogens is 536 g/mol. The van der Waals surface area contributed by atoms with E-state index in [1.54, 1.807) is 24.3 Å². The topological polar surface area (TPSA) is 137 Å². The van der Waals surface area contributed by atoms with Crippen LogP contribution in [0.3, 0.4) is 0 Å². The number of benzene rings is 2. The van der Waals surface area contributed by atoms with Crippen molar-refractivity contribution in [3.8, 4) is 11.8 Å². The van der Waals surface area contributed by atoms with E-state index in [9.17, 15) is 37.5 Å². The molecule has 1 aliphatic rings. The number of amides is 1. The molecule has 1 aliphatic heterocycles. The molecular formula is C26H22F4N6O4. The molecule has 2 aromatic carbocycles. The van der Waals surface area contributed by atoms with Gasteiger partial charge in [0.15, 0.2) is 0 Å². The van der Waals surface area contributed by atoms with E-state index in [0.717, 1.165) is 9.58 Å². The van der Waals surface area contributed by atoms with E-state index in [2.05, 4.69) is 15.1 Å². The van der Waals surface area contributed by atoms with Gasteiger partial charge >= 0.3 is 0 Å². The molecule has 0 aliphatic carbocycles. The fourth-order valence-electron chi connectivity index (χ4n) is 4.60. The van der Waals surface area contributed by atoms with Crippen LogP contribution >= 0.6 is 0 Å². The number of fused-ring (bicyclic) bond motifs is 2. The Morgan fingerprint density at radius 1 is 1.27 bits per heavy atom. The number of aliphatic hydroxyl groups is 1. The van der Waals surface area contributed by atoms with Gasteiger partial charge in [-0.3, -0.25) is 9.59 Å². The molecule has 2 aromatic heterocycles. The van der Waals surface area contributed by atoms with Crippen LogP contribution < -0.4 is 10.3 Å². The zero-order valence-corrected chi connectivity index (χ0v) is 20.8. The lowest BCUT2D eigenvalue weighted by atomic mass is 10.0. The van der Waals surface area contributed by atoms with E-state index >= 15 is 0 Å². The lowest BCUT2D eigenvalue weighted by Crippen LogP contribution is -2.54. The van der Waals surface area contributed by atoms with E-state index in [4.69, 9.17) is 4.74 Å². The summed E-state index contributed by atoms with van der Waals surface area (Å²) in [6.45, 7) is -2.52. The highest BCUT2D eigenvalue weighted by Gasteiger charge is 2.45. The third kappa shape index (κ3) is 5.32. The Bertz CT molecular complexity index is 1700. The number of nitrogens with one attached hydrogen (secondary N) is 1. The highest BCUT2D eigenvalue weighted by molar-refractivity contribution is 5.85. The summed E-state index contributed by atoms with van der Waals surface area (Å²) in [4.78, 5) is 34.3. The van der Waals surface area contributed by atoms with Crippen LogP contribution in [0.4, 0.5) is 17.6 Å². The van der Waals surface area contributed by atoms with Crippen molar-refractivity contribution in [1.29, 1.82) is 5.26 Å². The molecule has 4 aromatic rings. The minimum absolute atomic E-state index is 0.0368. The SMILES string of the molecule is N#Cc1cc2[nH]c(Cc3nn(CC(=O)N4CCC(O)C(F)(F)C4)c(=O)c4ccccc34)nc2cc1OCC(F)F. The quantitative estimate of drug-likeness (QED) is 0.333. The van der Waals surface area contributed by atoms with Gasteiger partial charge in [0.2, 0.25) is 5.91 Å². The number of hydrogen-bond donors (Lipinski definition) is 2. The van der Waals surface area contributed by atoms with Crippen LogP contribution in [-0.2, 0) is 17.8 Å². The Morgan fingerprint density at radius 2 is 2.02 bits per heavy atom. The third-order valence-corrected chi connectivity index (χ3v) is 6.60. The second kappa shape index (κ2) is 10.6. The first-order chi connectivity index (χ1) is 19.1. The lowest BCUT2D eigenvalue weighted by Gasteiger charge is -2.35. The number of carbonyl (C=O) groups is 1. The third-order valence-electron chi connectivity index (χ3n) is 6.60. The summed E-state index contributed by atoms with van der Waals surface area (Å²) in [5, 5.41) is 24.0. The molecule has 1 unspecified atom stereocenters. The monoisotopic (exact) mass is 558 g/mol. The number of nitrogens with zero attached hydrogens (tertiary/aromatic N) is 5. The molecule has 1 atom stereocenters. The number of carbonyl (C=O) groups excluding carboxylic acids is 1. The number of likely N-dealkylation sites (tertiary alicyclic amines) is 1. The summed E-state index contributed by atoms with van der Waals surface area (Å²) in [5.74, 6) is -3.88. The van der Waals surface area contributed by atoms with Crippen LogP contribution in [0.15, 0.2) is 41.2 Å². The average molecular weight is 558 g/mol. The first-order valence-electron chi connectivity index (χ1n) is 12.2. The number of imidazole rings is 1. The number of aromatic nitrogens is 4. The summed E-state index contributed by atoms with van der Waals surface area (Å²) in [7, 11) is 0. The number of hydrogen-bond acceptors (Lipinski definition) is 7. The van der Waals surface area contributed by atoms with Crippen molar-refractivity contribution in [3.63, 3.8) is 0 Å². The maximum Gasteiger partial charge on any atom is 0.290 e. The first kappa shape index (κ1) is 27.1. The van der Waals surface area contributed by atoms with Crippen molar-refractivity contribution in [1.82, 2.24) is 24.6 Å². The predicted octanol–water partition coefficient (Wildman–Crippen LogP) is 2.61. The summed E-state index contributed by atoms with van der Waals surface area (Å²) in [6, 6.07) is 11.2. The number of H-pyrrole nitrogens is 1. The predicted molar refractivity (Wildman–Crippen MR) is 133 cm³/mol. The Hall–Kier alpha value is -4.51. The zero-order chi connectivity index (χ0) is 28.6. The van der Waals surface area contributed by atoms with Gasteiger partial charge in [-0.1, -0.05) is 18.2 Å². The number of aliphatic hydroxyl groups excluding tert-OH is 1. The largest absolute Gasteiger partial charge is 0.486 e. The minimum atomic E-state index is -3.46. The lowest BCUT2D eigenvalue weighted by molar-refractivity contribution is -0.165. The molecule has 3 heterocycles. The Balaban J connectivity index is 1.47. The number of ether oxygens (including phenoxy) is 1. The number of alkyl halides is 4. The van der Waals surface area contributed by atoms with Gasteiger partial charge in [0.1, 0.15) is 36.9 Å². The van der Waals surface area contributed by atoms with Gasteiger partial charge in [0, 0.05) is 18.0 Å². The van der Waals surface area contributed by atoms with Crippen molar-refractivity contribution < 1.29 is 32.2 Å². The molecule has 5 rings (SSSR count). The molecule has 1 fully saturated rings. The molecule has 40 heavy (non-hydrogen) atoms. The molecule has 14 heteroatoms. The minimum Gasteiger partial charge on any atom is -0.486 e. The maximum atomic E-state index is 14.0. The summed E-state index contributed by atoms with van der Waals surface area (Å²) in [6.07, 6.45) is -4.81. The zero-order valence-electron chi connectivity index (χ0n) is 20.8. The Labute approximate surface area is 223 Å². The molecule has 208 valence electrons. The van der Waals surface area contributed by atoms with Gasteiger partial charge in [-0.25, -0.2) is 27.2 Å². The van der Waals surface area contributed by atoms with E-state index in [1.807, 2.05) is 6.07 Å². The Kier molecular flexibility index (Phi) is 7.16. The molecule has 1 amide bonds. The van der Waals surface area contributed by atoms with Crippen LogP contribution in [0, 0.1) is 11.3 Å². The fraction of sp³-hybridized carbons (Fsp3) is 0.346. The second-order valence-corrected chi connectivity index (χ2v) is 9.38. The Morgan fingerprint density at radius 3 is 2.73 bits per heavy atom. The summed E-state index contributed by atoms with van der Waals surface area (Å²) >= 11 is 0. The number of rotatable bonds is 7. The molecule has 0 bridgehead atoms. The van der Waals surface area contributed by atoms with Crippen LogP contribution in [0.2, 0.25) is 0 Å². The van der Waals surface area contributed by atoms with E-state index < -0.39 is 49.6 Å². The molecule has 10 nitrogen and oxygen atoms in total. The van der Waals surface area contributed by atoms with Crippen LogP contribution in [0.5, 0.6) is 5.75 Å². The van der Waals surface area contributed by atoms with Gasteiger partial charge in [-0.05, 0) is 18.6 Å². The van der Waals surface area contributed by atoms with Crippen molar-refractivity contribution in [2.24, 2.45) is 0 Å². The highest BCUT2D eigenvalue weighted by Crippen LogP contribution is 2.28. The standard InChI is InChI=1S/C26H22F4N6O4/c27-22(28)12-40-20-8-19-18(7-14(20)10-31)32-23(33-19)9-17-15-3-1-2-4-16(15)25(39)36(34-17)11-24(38)35-6-5-21(37)26(29,30)13-35/h1-4,7-8,21-22,37H,5-6,9,11-13H2,(H,32,33). The van der Waals surface area contributed by atoms with Gasteiger partial charge in [-0.2, -0.15) is 10.4 Å². The van der Waals surface area contributed by atoms with Gasteiger partial charge in [-0.15, -0.1) is 0 Å². The number of aromatic amines is 1. The summed E-state index contributed by atoms with van der Waals surface area (Å²) in [5.41, 5.74) is 0.600. The first-order valence-corrected chi connectivity index (χ1v) is 12.2. The number of nitriles is 1. The molecule has 2 N–H and O–H groups in total.